The van der Waals surface area contributed by atoms with Gasteiger partial charge >= 0.3 is 0 Å². The van der Waals surface area contributed by atoms with Gasteiger partial charge in [0.25, 0.3) is 5.91 Å². The van der Waals surface area contributed by atoms with Crippen molar-refractivity contribution in [2.24, 2.45) is 4.99 Å². The second-order valence-corrected chi connectivity index (χ2v) is 8.13. The first-order valence-corrected chi connectivity index (χ1v) is 10.4. The molecule has 2 heterocycles. The fraction of sp³-hybridized carbons (Fsp3) is 0.167. The molecular formula is C24H19BrN2O3. The van der Waals surface area contributed by atoms with E-state index in [1.165, 1.54) is 0 Å². The van der Waals surface area contributed by atoms with E-state index in [1.54, 1.807) is 14.2 Å². The molecule has 0 saturated carbocycles. The number of benzene rings is 3. The van der Waals surface area contributed by atoms with Gasteiger partial charge in [-0.15, -0.1) is 0 Å². The number of aliphatic imine (C=N–C) groups is 1. The maximum atomic E-state index is 13.6. The smallest absolute Gasteiger partial charge is 0.263 e. The Morgan fingerprint density at radius 2 is 1.77 bits per heavy atom. The molecule has 1 amide bonds. The van der Waals surface area contributed by atoms with Gasteiger partial charge < -0.3 is 9.47 Å². The van der Waals surface area contributed by atoms with Crippen molar-refractivity contribution in [3.8, 4) is 11.5 Å². The summed E-state index contributed by atoms with van der Waals surface area (Å²) in [5.41, 5.74) is 5.06. The molecule has 0 N–H and O–H groups in total. The Hall–Kier alpha value is -3.12. The fourth-order valence-corrected chi connectivity index (χ4v) is 4.55. The zero-order valence-corrected chi connectivity index (χ0v) is 18.1. The summed E-state index contributed by atoms with van der Waals surface area (Å²) in [5.74, 6) is 0.940. The van der Waals surface area contributed by atoms with Gasteiger partial charge in [0, 0.05) is 10.9 Å². The third kappa shape index (κ3) is 2.82. The number of fused-ring (bicyclic) bond motifs is 5. The van der Waals surface area contributed by atoms with E-state index in [4.69, 9.17) is 14.5 Å². The summed E-state index contributed by atoms with van der Waals surface area (Å²) in [4.78, 5) is 20.4. The van der Waals surface area contributed by atoms with Gasteiger partial charge in [0.1, 0.15) is 0 Å². The van der Waals surface area contributed by atoms with Gasteiger partial charge in [-0.1, -0.05) is 46.3 Å². The first kappa shape index (κ1) is 18.9. The molecule has 0 bridgehead atoms. The maximum absolute atomic E-state index is 13.6. The van der Waals surface area contributed by atoms with Crippen molar-refractivity contribution < 1.29 is 14.3 Å². The highest BCUT2D eigenvalue weighted by Crippen LogP contribution is 2.50. The molecule has 0 aromatic heterocycles. The molecule has 0 unspecified atom stereocenters. The van der Waals surface area contributed by atoms with Crippen molar-refractivity contribution in [3.05, 3.63) is 81.8 Å². The molecule has 0 aliphatic carbocycles. The van der Waals surface area contributed by atoms with Crippen LogP contribution in [0.4, 0.5) is 11.4 Å². The molecule has 0 saturated heterocycles. The van der Waals surface area contributed by atoms with E-state index in [1.807, 2.05) is 65.6 Å². The van der Waals surface area contributed by atoms with E-state index in [0.717, 1.165) is 32.7 Å². The Morgan fingerprint density at radius 3 is 2.50 bits per heavy atom. The number of hydrogen-bond acceptors (Lipinski definition) is 4. The molecule has 2 aliphatic heterocycles. The van der Waals surface area contributed by atoms with E-state index in [-0.39, 0.29) is 11.9 Å². The molecule has 0 fully saturated rings. The number of methoxy groups -OCH3 is 2. The van der Waals surface area contributed by atoms with Gasteiger partial charge in [-0.05, 0) is 41.5 Å². The molecule has 1 atom stereocenters. The van der Waals surface area contributed by atoms with Gasteiger partial charge in [-0.3, -0.25) is 14.7 Å². The molecule has 2 aliphatic rings. The van der Waals surface area contributed by atoms with Crippen LogP contribution < -0.4 is 14.4 Å². The lowest BCUT2D eigenvalue weighted by atomic mass is 9.96. The number of carbonyl (C=O) groups is 1. The van der Waals surface area contributed by atoms with E-state index in [9.17, 15) is 4.79 Å². The summed E-state index contributed by atoms with van der Waals surface area (Å²) in [7, 11) is 3.15. The molecule has 3 aromatic rings. The molecule has 5 nitrogen and oxygen atoms in total. The monoisotopic (exact) mass is 462 g/mol. The highest BCUT2D eigenvalue weighted by Gasteiger charge is 2.43. The zero-order valence-electron chi connectivity index (χ0n) is 16.6. The second-order valence-electron chi connectivity index (χ2n) is 7.21. The second kappa shape index (κ2) is 7.29. The normalized spacial score (nSPS) is 16.9. The van der Waals surface area contributed by atoms with E-state index >= 15 is 0 Å². The number of anilines is 1. The minimum absolute atomic E-state index is 0.0922. The summed E-state index contributed by atoms with van der Waals surface area (Å²) in [6.07, 6.45) is 0.602. The van der Waals surface area contributed by atoms with Crippen LogP contribution in [0.15, 0.2) is 70.1 Å². The molecular weight excluding hydrogens is 444 g/mol. The number of amides is 1. The average Bonchev–Trinajstić information content (AvgIpc) is 2.94. The Morgan fingerprint density at radius 1 is 1.00 bits per heavy atom. The van der Waals surface area contributed by atoms with Gasteiger partial charge in [0.15, 0.2) is 11.5 Å². The van der Waals surface area contributed by atoms with Crippen molar-refractivity contribution in [3.63, 3.8) is 0 Å². The lowest BCUT2D eigenvalue weighted by Gasteiger charge is -2.24. The zero-order chi connectivity index (χ0) is 20.8. The highest BCUT2D eigenvalue weighted by atomic mass is 79.9. The van der Waals surface area contributed by atoms with E-state index in [2.05, 4.69) is 15.9 Å². The van der Waals surface area contributed by atoms with Crippen LogP contribution >= 0.6 is 15.9 Å². The molecule has 0 spiro atoms. The van der Waals surface area contributed by atoms with Crippen LogP contribution in [0.5, 0.6) is 11.5 Å². The van der Waals surface area contributed by atoms with Crippen LogP contribution in [-0.4, -0.2) is 25.8 Å². The Balaban J connectivity index is 1.72. The average molecular weight is 463 g/mol. The van der Waals surface area contributed by atoms with Gasteiger partial charge in [-0.2, -0.15) is 0 Å². The molecule has 3 aromatic carbocycles. The fourth-order valence-electron chi connectivity index (χ4n) is 4.28. The first-order valence-electron chi connectivity index (χ1n) is 9.63. The number of carbonyl (C=O) groups excluding carboxylic acids is 1. The van der Waals surface area contributed by atoms with E-state index < -0.39 is 0 Å². The quantitative estimate of drug-likeness (QED) is 0.502. The molecule has 6 heteroatoms. The highest BCUT2D eigenvalue weighted by molar-refractivity contribution is 9.10. The summed E-state index contributed by atoms with van der Waals surface area (Å²) >= 11 is 3.50. The topological polar surface area (TPSA) is 51.1 Å². The maximum Gasteiger partial charge on any atom is 0.263 e. The summed E-state index contributed by atoms with van der Waals surface area (Å²) in [6.45, 7) is 0. The van der Waals surface area contributed by atoms with Crippen LogP contribution in [0.1, 0.15) is 33.9 Å². The van der Waals surface area contributed by atoms with Crippen LogP contribution in [0.3, 0.4) is 0 Å². The third-order valence-corrected chi connectivity index (χ3v) is 6.17. The predicted molar refractivity (Wildman–Crippen MR) is 120 cm³/mol. The van der Waals surface area contributed by atoms with Gasteiger partial charge in [0.2, 0.25) is 0 Å². The Kier molecular flexibility index (Phi) is 4.59. The first-order chi connectivity index (χ1) is 14.6. The molecule has 0 radical (unpaired) electrons. The summed E-state index contributed by atoms with van der Waals surface area (Å²) in [6, 6.07) is 19.5. The lowest BCUT2D eigenvalue weighted by Crippen LogP contribution is -2.28. The lowest BCUT2D eigenvalue weighted by molar-refractivity contribution is 0.0989. The van der Waals surface area contributed by atoms with Crippen LogP contribution in [-0.2, 0) is 0 Å². The SMILES string of the molecule is COc1ccc2c(c1OC)C(=O)N1c3ccccc3N=C(c3ccc(Br)cc3)C[C@@H]21. The van der Waals surface area contributed by atoms with Crippen LogP contribution in [0.2, 0.25) is 0 Å². The standard InChI is InChI=1S/C24H19BrN2O3/c1-29-21-12-11-16-20-13-18(14-7-9-15(25)10-8-14)26-17-5-3-4-6-19(17)27(20)24(28)22(16)23(21)30-2/h3-12,20H,13H2,1-2H3/t20-/m0/s1. The minimum atomic E-state index is -0.168. The largest absolute Gasteiger partial charge is 0.493 e. The minimum Gasteiger partial charge on any atom is -0.493 e. The molecule has 30 heavy (non-hydrogen) atoms. The summed E-state index contributed by atoms with van der Waals surface area (Å²) in [5, 5.41) is 0. The number of nitrogens with zero attached hydrogens (tertiary/aromatic N) is 2. The van der Waals surface area contributed by atoms with Crippen molar-refractivity contribution in [1.82, 2.24) is 0 Å². The summed E-state index contributed by atoms with van der Waals surface area (Å²) < 4.78 is 12.0. The third-order valence-electron chi connectivity index (χ3n) is 5.64. The predicted octanol–water partition coefficient (Wildman–Crippen LogP) is 5.69. The van der Waals surface area contributed by atoms with Crippen molar-refractivity contribution >= 4 is 38.9 Å². The number of rotatable bonds is 3. The van der Waals surface area contributed by atoms with Crippen molar-refractivity contribution in [2.45, 2.75) is 12.5 Å². The number of ether oxygens (including phenoxy) is 2. The number of para-hydroxylation sites is 2. The number of hydrogen-bond donors (Lipinski definition) is 0. The van der Waals surface area contributed by atoms with Gasteiger partial charge in [0.05, 0.1) is 42.9 Å². The van der Waals surface area contributed by atoms with E-state index in [0.29, 0.717) is 23.5 Å². The van der Waals surface area contributed by atoms with Crippen molar-refractivity contribution in [1.29, 1.82) is 0 Å². The molecule has 5 rings (SSSR count). The van der Waals surface area contributed by atoms with Crippen molar-refractivity contribution in [2.75, 3.05) is 19.1 Å². The van der Waals surface area contributed by atoms with Crippen LogP contribution in [0, 0.1) is 0 Å². The number of halogens is 1. The van der Waals surface area contributed by atoms with Crippen LogP contribution in [0.25, 0.3) is 0 Å². The Labute approximate surface area is 183 Å². The Bertz CT molecular complexity index is 1190. The molecule has 150 valence electrons. The van der Waals surface area contributed by atoms with Gasteiger partial charge in [-0.25, -0.2) is 0 Å².